The van der Waals surface area contributed by atoms with Crippen LogP contribution in [0.3, 0.4) is 0 Å². The molecule has 7 atom stereocenters. The largest absolute Gasteiger partial charge is 0.508 e. The van der Waals surface area contributed by atoms with E-state index in [1.165, 1.54) is 7.11 Å². The van der Waals surface area contributed by atoms with E-state index in [9.17, 15) is 30.6 Å². The number of aliphatic hydroxyl groups is 3. The molecule has 9 heteroatoms. The van der Waals surface area contributed by atoms with Crippen molar-refractivity contribution in [2.45, 2.75) is 88.6 Å². The van der Waals surface area contributed by atoms with E-state index < -0.39 is 30.3 Å². The molecule has 0 radical (unpaired) electrons. The highest BCUT2D eigenvalue weighted by Gasteiger charge is 2.44. The van der Waals surface area contributed by atoms with E-state index in [1.807, 2.05) is 18.3 Å². The number of nitrogens with one attached hydrogen (secondary N) is 1. The lowest BCUT2D eigenvalue weighted by Gasteiger charge is -2.45. The van der Waals surface area contributed by atoms with Crippen molar-refractivity contribution in [1.82, 2.24) is 4.98 Å². The highest BCUT2D eigenvalue weighted by Crippen LogP contribution is 2.52. The molecule has 2 heterocycles. The summed E-state index contributed by atoms with van der Waals surface area (Å²) in [5.41, 5.74) is 5.12. The lowest BCUT2D eigenvalue weighted by atomic mass is 9.71. The minimum Gasteiger partial charge on any atom is -0.508 e. The average Bonchev–Trinajstić information content (AvgIpc) is 3.56. The van der Waals surface area contributed by atoms with Crippen molar-refractivity contribution < 1.29 is 40.1 Å². The number of rotatable bonds is 8. The molecule has 242 valence electrons. The number of fused-ring (bicyclic) bond motifs is 1. The molecule has 1 aromatic heterocycles. The Balaban J connectivity index is 1.32. The molecule has 2 fully saturated rings. The fourth-order valence-electron chi connectivity index (χ4n) is 8.09. The summed E-state index contributed by atoms with van der Waals surface area (Å²) < 4.78 is 12.4. The number of methoxy groups -OCH3 is 1. The molecule has 3 aliphatic rings. The Bertz CT molecular complexity index is 1530. The first-order valence-corrected chi connectivity index (χ1v) is 16.1. The van der Waals surface area contributed by atoms with E-state index in [2.05, 4.69) is 24.1 Å². The molecule has 0 bridgehead atoms. The second-order valence-corrected chi connectivity index (χ2v) is 13.2. The first kappa shape index (κ1) is 31.5. The van der Waals surface area contributed by atoms with Crippen LogP contribution >= 0.6 is 0 Å². The van der Waals surface area contributed by atoms with Gasteiger partial charge in [0, 0.05) is 53.8 Å². The Morgan fingerprint density at radius 3 is 2.51 bits per heavy atom. The maximum atomic E-state index is 11.4. The van der Waals surface area contributed by atoms with Gasteiger partial charge in [-0.25, -0.2) is 0 Å². The molecular weight excluding hydrogens is 574 g/mol. The van der Waals surface area contributed by atoms with Crippen LogP contribution in [0.5, 0.6) is 23.0 Å². The van der Waals surface area contributed by atoms with Crippen molar-refractivity contribution >= 4 is 0 Å². The molecule has 7 N–H and O–H groups in total. The highest BCUT2D eigenvalue weighted by molar-refractivity contribution is 5.64. The molecule has 9 nitrogen and oxygen atoms in total. The Morgan fingerprint density at radius 1 is 0.978 bits per heavy atom. The summed E-state index contributed by atoms with van der Waals surface area (Å²) in [7, 11) is 1.43. The zero-order chi connectivity index (χ0) is 31.8. The van der Waals surface area contributed by atoms with Crippen LogP contribution in [0.1, 0.15) is 96.8 Å². The minimum absolute atomic E-state index is 0.0269. The van der Waals surface area contributed by atoms with E-state index in [1.54, 1.807) is 12.3 Å². The first-order valence-electron chi connectivity index (χ1n) is 16.1. The van der Waals surface area contributed by atoms with Gasteiger partial charge in [0.1, 0.15) is 5.75 Å². The Morgan fingerprint density at radius 2 is 1.80 bits per heavy atom. The molecule has 0 amide bonds. The van der Waals surface area contributed by atoms with Crippen LogP contribution in [-0.2, 0) is 17.8 Å². The fraction of sp³-hybridized carbons (Fsp3) is 0.500. The summed E-state index contributed by atoms with van der Waals surface area (Å²) in [6.07, 6.45) is 8.90. The average molecular weight is 620 g/mol. The predicted octanol–water partition coefficient (Wildman–Crippen LogP) is 5.43. The number of H-pyrrole nitrogens is 1. The number of aromatic amines is 1. The zero-order valence-corrected chi connectivity index (χ0v) is 25.9. The van der Waals surface area contributed by atoms with E-state index >= 15 is 0 Å². The molecule has 1 aliphatic heterocycles. The number of aromatic nitrogens is 1. The number of hydrogen-bond donors (Lipinski definition) is 7. The quantitative estimate of drug-likeness (QED) is 0.130. The topological polar surface area (TPSA) is 156 Å². The summed E-state index contributed by atoms with van der Waals surface area (Å²) >= 11 is 0. The number of ether oxygens (including phenoxy) is 2. The van der Waals surface area contributed by atoms with Crippen molar-refractivity contribution in [2.75, 3.05) is 13.7 Å². The predicted molar refractivity (Wildman–Crippen MR) is 169 cm³/mol. The van der Waals surface area contributed by atoms with Crippen molar-refractivity contribution in [2.24, 2.45) is 11.8 Å². The number of aromatic hydroxyl groups is 3. The maximum absolute atomic E-state index is 11.4. The van der Waals surface area contributed by atoms with Gasteiger partial charge in [-0.3, -0.25) is 0 Å². The van der Waals surface area contributed by atoms with Crippen LogP contribution < -0.4 is 4.74 Å². The minimum atomic E-state index is -0.653. The molecule has 1 saturated heterocycles. The molecule has 2 aromatic carbocycles. The van der Waals surface area contributed by atoms with Gasteiger partial charge in [-0.2, -0.15) is 0 Å². The van der Waals surface area contributed by atoms with Crippen molar-refractivity contribution in [3.05, 3.63) is 81.7 Å². The number of benzene rings is 2. The van der Waals surface area contributed by atoms with Gasteiger partial charge in [0.05, 0.1) is 38.6 Å². The Kier molecular flexibility index (Phi) is 9.15. The van der Waals surface area contributed by atoms with E-state index in [0.717, 1.165) is 47.9 Å². The Labute approximate surface area is 263 Å². The van der Waals surface area contributed by atoms with Gasteiger partial charge in [0.15, 0.2) is 11.5 Å². The van der Waals surface area contributed by atoms with Gasteiger partial charge in [0.25, 0.3) is 0 Å². The summed E-state index contributed by atoms with van der Waals surface area (Å²) in [6.45, 7) is 1.64. The molecule has 1 saturated carbocycles. The van der Waals surface area contributed by atoms with Gasteiger partial charge >= 0.3 is 0 Å². The van der Waals surface area contributed by atoms with Gasteiger partial charge in [-0.1, -0.05) is 25.1 Å². The molecule has 45 heavy (non-hydrogen) atoms. The van der Waals surface area contributed by atoms with Crippen LogP contribution in [-0.4, -0.2) is 61.5 Å². The highest BCUT2D eigenvalue weighted by atomic mass is 16.5. The van der Waals surface area contributed by atoms with E-state index in [4.69, 9.17) is 9.47 Å². The molecular formula is C36H45NO8. The number of aliphatic hydroxyl groups excluding tert-OH is 3. The number of allylic oxidation sites excluding steroid dienone is 1. The van der Waals surface area contributed by atoms with Gasteiger partial charge in [-0.05, 0) is 78.3 Å². The monoisotopic (exact) mass is 619 g/mol. The standard InChI is InChI=1S/C36H45NO8/c1-19-3-4-23(17-38)25(11-19)26-13-21(6-8-29(26)40)22-5-7-24-30(41)15-32(45-31(24)14-22)33-27(12-20-9-10-37-16-20)36(44-2)35(43)34(42)28(33)18-39/h4,6,8-10,13,16,19,22,24-25,30-32,37-43H,3,5,7,11-12,14-15,17-18H2,1-2H3/t19-,22-,24-,25+,30+,31+,32+/m1/s1. The maximum Gasteiger partial charge on any atom is 0.201 e. The lowest BCUT2D eigenvalue weighted by molar-refractivity contribution is -0.154. The zero-order valence-electron chi connectivity index (χ0n) is 25.9. The second kappa shape index (κ2) is 13.1. The third-order valence-electron chi connectivity index (χ3n) is 10.5. The van der Waals surface area contributed by atoms with Crippen LogP contribution in [0.25, 0.3) is 0 Å². The molecule has 0 spiro atoms. The molecule has 3 aromatic rings. The number of hydrogen-bond acceptors (Lipinski definition) is 8. The van der Waals surface area contributed by atoms with Gasteiger partial charge < -0.3 is 45.1 Å². The normalized spacial score (nSPS) is 28.4. The van der Waals surface area contributed by atoms with Crippen molar-refractivity contribution in [3.8, 4) is 23.0 Å². The van der Waals surface area contributed by atoms with Crippen molar-refractivity contribution in [1.29, 1.82) is 0 Å². The van der Waals surface area contributed by atoms with E-state index in [0.29, 0.717) is 29.9 Å². The number of phenols is 3. The van der Waals surface area contributed by atoms with Crippen LogP contribution in [0.2, 0.25) is 0 Å². The van der Waals surface area contributed by atoms with Gasteiger partial charge in [-0.15, -0.1) is 0 Å². The van der Waals surface area contributed by atoms with Gasteiger partial charge in [0.2, 0.25) is 5.75 Å². The SMILES string of the molecule is COc1c(O)c(O)c(CO)c([C@@H]2C[C@H](O)[C@H]3CC[C@@H](c4ccc(O)c([C@H]5C[C@H](C)CC=C5CO)c4)C[C@@H]3O2)c1Cc1cc[nH]c1. The molecule has 6 rings (SSSR count). The Hall–Kier alpha value is -3.50. The lowest BCUT2D eigenvalue weighted by Crippen LogP contribution is -2.44. The summed E-state index contributed by atoms with van der Waals surface area (Å²) in [5.74, 6) is -0.0164. The third-order valence-corrected chi connectivity index (χ3v) is 10.5. The van der Waals surface area contributed by atoms with Crippen LogP contribution in [0, 0.1) is 11.8 Å². The third kappa shape index (κ3) is 5.94. The summed E-state index contributed by atoms with van der Waals surface area (Å²) in [6, 6.07) is 7.72. The second-order valence-electron chi connectivity index (χ2n) is 13.2. The van der Waals surface area contributed by atoms with Crippen molar-refractivity contribution in [3.63, 3.8) is 0 Å². The van der Waals surface area contributed by atoms with Crippen LogP contribution in [0.15, 0.2) is 48.3 Å². The summed E-state index contributed by atoms with van der Waals surface area (Å²) in [4.78, 5) is 3.04. The van der Waals surface area contributed by atoms with Crippen LogP contribution in [0.4, 0.5) is 0 Å². The smallest absolute Gasteiger partial charge is 0.201 e. The summed E-state index contributed by atoms with van der Waals surface area (Å²) in [5, 5.41) is 64.5. The molecule has 0 unspecified atom stereocenters. The first-order chi connectivity index (χ1) is 21.7. The number of phenolic OH excluding ortho intramolecular Hbond substituents is 2. The molecule has 2 aliphatic carbocycles. The fourth-order valence-corrected chi connectivity index (χ4v) is 8.09. The van der Waals surface area contributed by atoms with E-state index in [-0.39, 0.29) is 53.9 Å².